The molecule has 1 saturated carbocycles. The van der Waals surface area contributed by atoms with Gasteiger partial charge in [-0.2, -0.15) is 0 Å². The van der Waals surface area contributed by atoms with Gasteiger partial charge in [-0.15, -0.1) is 0 Å². The molecule has 0 amide bonds. The lowest BCUT2D eigenvalue weighted by molar-refractivity contribution is -0.127. The molecule has 138 valence electrons. The Morgan fingerprint density at radius 3 is 2.11 bits per heavy atom. The molecule has 3 fully saturated rings. The Kier molecular flexibility index (Phi) is 3.99. The van der Waals surface area contributed by atoms with Gasteiger partial charge in [-0.05, 0) is 59.7 Å². The summed E-state index contributed by atoms with van der Waals surface area (Å²) < 4.78 is 5.87. The van der Waals surface area contributed by atoms with E-state index in [9.17, 15) is 9.59 Å². The number of halogens is 1. The molecule has 2 heterocycles. The number of aryl methyl sites for hydroxylation is 1. The van der Waals surface area contributed by atoms with Crippen LogP contribution in [0.4, 0.5) is 0 Å². The van der Waals surface area contributed by atoms with Crippen LogP contribution in [0.3, 0.4) is 0 Å². The smallest absolute Gasteiger partial charge is 0.154 e. The van der Waals surface area contributed by atoms with Gasteiger partial charge in [-0.25, -0.2) is 0 Å². The third-order valence-electron chi connectivity index (χ3n) is 6.51. The highest BCUT2D eigenvalue weighted by atomic mass is 35.5. The van der Waals surface area contributed by atoms with Crippen molar-refractivity contribution in [1.29, 1.82) is 0 Å². The van der Waals surface area contributed by atoms with Crippen molar-refractivity contribution < 1.29 is 14.3 Å². The molecular formula is C23H21ClO3. The zero-order valence-electron chi connectivity index (χ0n) is 15.2. The van der Waals surface area contributed by atoms with E-state index in [1.165, 1.54) is 0 Å². The van der Waals surface area contributed by atoms with Crippen LogP contribution in [-0.2, 0) is 20.7 Å². The van der Waals surface area contributed by atoms with E-state index in [2.05, 4.69) is 19.1 Å². The van der Waals surface area contributed by atoms with Crippen molar-refractivity contribution in [2.24, 2.45) is 11.8 Å². The van der Waals surface area contributed by atoms with E-state index in [-0.39, 0.29) is 35.6 Å². The summed E-state index contributed by atoms with van der Waals surface area (Å²) in [4.78, 5) is 26.5. The van der Waals surface area contributed by atoms with Gasteiger partial charge in [0.1, 0.15) is 5.92 Å². The molecule has 4 heteroatoms. The number of rotatable bonds is 3. The summed E-state index contributed by atoms with van der Waals surface area (Å²) in [5.74, 6) is -0.954. The number of Topliss-reactive ketones (excluding diaryl/α,β-unsaturated/α-hetero) is 2. The molecule has 3 aliphatic rings. The van der Waals surface area contributed by atoms with Crippen LogP contribution in [-0.4, -0.2) is 23.8 Å². The third-order valence-corrected chi connectivity index (χ3v) is 6.77. The minimum atomic E-state index is -0.630. The summed E-state index contributed by atoms with van der Waals surface area (Å²) in [6.07, 6.45) is 2.51. The zero-order valence-corrected chi connectivity index (χ0v) is 15.9. The highest BCUT2D eigenvalue weighted by Gasteiger charge is 2.63. The molecule has 1 unspecified atom stereocenters. The first-order valence-electron chi connectivity index (χ1n) is 9.70. The molecule has 0 radical (unpaired) electrons. The fraction of sp³-hybridized carbons (Fsp3) is 0.391. The van der Waals surface area contributed by atoms with Gasteiger partial charge in [0.25, 0.3) is 0 Å². The van der Waals surface area contributed by atoms with Gasteiger partial charge in [0.2, 0.25) is 0 Å². The summed E-state index contributed by atoms with van der Waals surface area (Å²) in [5, 5.41) is 0.689. The van der Waals surface area contributed by atoms with Crippen LogP contribution in [0.15, 0.2) is 42.5 Å². The fourth-order valence-corrected chi connectivity index (χ4v) is 5.37. The normalized spacial score (nSPS) is 31.6. The standard InChI is InChI=1S/C23H21ClO3/c1-2-12-3-4-14(13-5-7-15(24)8-6-13)11-16(12)19-22(25)20-17-9-10-18(27-17)21(20)23(19)26/h3-8,11,17-21H,2,9-10H2,1H3/t17-,18+,19?,20-,21+. The number of ketones is 2. The van der Waals surface area contributed by atoms with Crippen molar-refractivity contribution in [3.63, 3.8) is 0 Å². The Balaban J connectivity index is 1.58. The second-order valence-corrected chi connectivity index (χ2v) is 8.29. The largest absolute Gasteiger partial charge is 0.373 e. The zero-order chi connectivity index (χ0) is 18.7. The second kappa shape index (κ2) is 6.29. The number of ether oxygens (including phenoxy) is 1. The molecule has 3 nitrogen and oxygen atoms in total. The lowest BCUT2D eigenvalue weighted by Crippen LogP contribution is -2.29. The van der Waals surface area contributed by atoms with E-state index in [0.717, 1.165) is 41.5 Å². The SMILES string of the molecule is CCc1ccc(-c2ccc(Cl)cc2)cc1C1C(=O)[C@@H]2[C@H](C1=O)[C@H]1CC[C@@H]2O1. The number of benzene rings is 2. The van der Waals surface area contributed by atoms with Crippen molar-refractivity contribution in [2.75, 3.05) is 0 Å². The van der Waals surface area contributed by atoms with Crippen molar-refractivity contribution in [2.45, 2.75) is 44.3 Å². The number of carbonyl (C=O) groups is 2. The minimum absolute atomic E-state index is 0.0500. The summed E-state index contributed by atoms with van der Waals surface area (Å²) in [7, 11) is 0. The summed E-state index contributed by atoms with van der Waals surface area (Å²) in [6, 6.07) is 13.8. The van der Waals surface area contributed by atoms with Gasteiger partial charge in [-0.1, -0.05) is 42.8 Å². The van der Waals surface area contributed by atoms with E-state index < -0.39 is 5.92 Å². The first-order valence-corrected chi connectivity index (χ1v) is 10.1. The van der Waals surface area contributed by atoms with Crippen molar-refractivity contribution in [3.8, 4) is 11.1 Å². The maximum absolute atomic E-state index is 13.2. The highest BCUT2D eigenvalue weighted by molar-refractivity contribution is 6.30. The van der Waals surface area contributed by atoms with E-state index >= 15 is 0 Å². The lowest BCUT2D eigenvalue weighted by Gasteiger charge is -2.17. The Hall–Kier alpha value is -1.97. The van der Waals surface area contributed by atoms with Gasteiger partial charge in [-0.3, -0.25) is 9.59 Å². The third kappa shape index (κ3) is 2.52. The van der Waals surface area contributed by atoms with E-state index in [1.807, 2.05) is 30.3 Å². The monoisotopic (exact) mass is 380 g/mol. The van der Waals surface area contributed by atoms with Crippen LogP contribution < -0.4 is 0 Å². The van der Waals surface area contributed by atoms with E-state index in [0.29, 0.717) is 5.02 Å². The van der Waals surface area contributed by atoms with Gasteiger partial charge in [0.05, 0.1) is 24.0 Å². The fourth-order valence-electron chi connectivity index (χ4n) is 5.24. The lowest BCUT2D eigenvalue weighted by atomic mass is 9.81. The number of carbonyl (C=O) groups excluding carboxylic acids is 2. The first kappa shape index (κ1) is 17.2. The predicted octanol–water partition coefficient (Wildman–Crippen LogP) is 4.60. The van der Waals surface area contributed by atoms with Crippen molar-refractivity contribution >= 4 is 23.2 Å². The Bertz CT molecular complexity index is 905. The molecule has 2 saturated heterocycles. The number of hydrogen-bond donors (Lipinski definition) is 0. The molecule has 27 heavy (non-hydrogen) atoms. The van der Waals surface area contributed by atoms with Gasteiger partial charge in [0.15, 0.2) is 11.6 Å². The second-order valence-electron chi connectivity index (χ2n) is 7.85. The highest BCUT2D eigenvalue weighted by Crippen LogP contribution is 2.52. The van der Waals surface area contributed by atoms with Crippen LogP contribution in [0.2, 0.25) is 5.02 Å². The van der Waals surface area contributed by atoms with Gasteiger partial charge < -0.3 is 4.74 Å². The molecule has 0 aromatic heterocycles. The maximum Gasteiger partial charge on any atom is 0.154 e. The first-order chi connectivity index (χ1) is 13.1. The topological polar surface area (TPSA) is 43.4 Å². The molecular weight excluding hydrogens is 360 g/mol. The molecule has 2 aromatic rings. The van der Waals surface area contributed by atoms with Crippen LogP contribution in [0, 0.1) is 11.8 Å². The average molecular weight is 381 g/mol. The van der Waals surface area contributed by atoms with E-state index in [4.69, 9.17) is 16.3 Å². The quantitative estimate of drug-likeness (QED) is 0.731. The predicted molar refractivity (Wildman–Crippen MR) is 104 cm³/mol. The van der Waals surface area contributed by atoms with Crippen molar-refractivity contribution in [1.82, 2.24) is 0 Å². The van der Waals surface area contributed by atoms with Crippen molar-refractivity contribution in [3.05, 3.63) is 58.6 Å². The van der Waals surface area contributed by atoms with E-state index in [1.54, 1.807) is 0 Å². The van der Waals surface area contributed by atoms with Gasteiger partial charge >= 0.3 is 0 Å². The van der Waals surface area contributed by atoms with Crippen LogP contribution in [0.5, 0.6) is 0 Å². The molecule has 0 spiro atoms. The minimum Gasteiger partial charge on any atom is -0.373 e. The molecule has 2 bridgehead atoms. The number of fused-ring (bicyclic) bond motifs is 5. The molecule has 2 aliphatic heterocycles. The Labute approximate surface area is 163 Å². The summed E-state index contributed by atoms with van der Waals surface area (Å²) in [6.45, 7) is 2.07. The molecule has 0 N–H and O–H groups in total. The molecule has 2 aromatic carbocycles. The Morgan fingerprint density at radius 2 is 1.52 bits per heavy atom. The molecule has 5 rings (SSSR count). The van der Waals surface area contributed by atoms with Crippen LogP contribution in [0.25, 0.3) is 11.1 Å². The number of hydrogen-bond acceptors (Lipinski definition) is 3. The van der Waals surface area contributed by atoms with Crippen LogP contribution >= 0.6 is 11.6 Å². The maximum atomic E-state index is 13.2. The summed E-state index contributed by atoms with van der Waals surface area (Å²) >= 11 is 6.01. The summed E-state index contributed by atoms with van der Waals surface area (Å²) in [5.41, 5.74) is 4.00. The Morgan fingerprint density at radius 1 is 0.926 bits per heavy atom. The van der Waals surface area contributed by atoms with Gasteiger partial charge in [0, 0.05) is 5.02 Å². The molecule has 5 atom stereocenters. The van der Waals surface area contributed by atoms with Crippen LogP contribution in [0.1, 0.15) is 36.8 Å². The average Bonchev–Trinajstić information content (AvgIpc) is 3.36. The molecule has 1 aliphatic carbocycles.